The van der Waals surface area contributed by atoms with Crippen molar-refractivity contribution in [3.63, 3.8) is 0 Å². The Morgan fingerprint density at radius 2 is 2.14 bits per heavy atom. The molecule has 1 saturated carbocycles. The van der Waals surface area contributed by atoms with Gasteiger partial charge in [-0.15, -0.1) is 11.6 Å². The fraction of sp³-hybridized carbons (Fsp3) is 0.571. The number of carbonyl (C=O) groups excluding carboxylic acids is 1. The quantitative estimate of drug-likeness (QED) is 0.742. The Morgan fingerprint density at radius 1 is 1.34 bits per heavy atom. The Morgan fingerprint density at radius 3 is 2.86 bits per heavy atom. The van der Waals surface area contributed by atoms with Gasteiger partial charge in [0.05, 0.1) is 12.1 Å². The lowest BCUT2D eigenvalue weighted by Crippen LogP contribution is -2.55. The number of aryl methyl sites for hydroxylation is 1. The van der Waals surface area contributed by atoms with Gasteiger partial charge in [-0.3, -0.25) is 9.48 Å². The van der Waals surface area contributed by atoms with Crippen LogP contribution in [0.25, 0.3) is 11.1 Å². The number of aromatic nitrogens is 3. The van der Waals surface area contributed by atoms with Crippen LogP contribution in [0.3, 0.4) is 0 Å². The first-order valence-corrected chi connectivity index (χ1v) is 10.6. The second-order valence-corrected chi connectivity index (χ2v) is 8.97. The first-order valence-electron chi connectivity index (χ1n) is 10.2. The highest BCUT2D eigenvalue weighted by Gasteiger charge is 2.41. The molecule has 1 aliphatic heterocycles. The lowest BCUT2D eigenvalue weighted by Gasteiger charge is -2.42. The molecule has 2 aromatic heterocycles. The van der Waals surface area contributed by atoms with Gasteiger partial charge in [0, 0.05) is 47.5 Å². The van der Waals surface area contributed by atoms with Crippen LogP contribution in [0.2, 0.25) is 0 Å². The van der Waals surface area contributed by atoms with E-state index in [1.54, 1.807) is 23.1 Å². The van der Waals surface area contributed by atoms with Gasteiger partial charge in [-0.2, -0.15) is 5.10 Å². The van der Waals surface area contributed by atoms with Gasteiger partial charge in [0.2, 0.25) is 5.91 Å². The van der Waals surface area contributed by atoms with Crippen LogP contribution in [0.5, 0.6) is 0 Å². The van der Waals surface area contributed by atoms with Gasteiger partial charge in [0.15, 0.2) is 11.6 Å². The van der Waals surface area contributed by atoms with Crippen LogP contribution >= 0.6 is 11.6 Å². The third-order valence-electron chi connectivity index (χ3n) is 6.52. The number of alkyl halides is 1. The first-order chi connectivity index (χ1) is 13.8. The number of hydrogen-bond donors (Lipinski definition) is 2. The Kier molecular flexibility index (Phi) is 5.51. The number of pyridine rings is 1. The highest BCUT2D eigenvalue weighted by molar-refractivity contribution is 6.20. The number of amides is 1. The molecule has 5 atom stereocenters. The molecule has 156 valence electrons. The van der Waals surface area contributed by atoms with Crippen molar-refractivity contribution < 1.29 is 9.18 Å². The van der Waals surface area contributed by atoms with E-state index in [4.69, 9.17) is 11.6 Å². The molecule has 2 aromatic rings. The second kappa shape index (κ2) is 7.94. The second-order valence-electron chi connectivity index (χ2n) is 8.35. The Labute approximate surface area is 175 Å². The number of nitrogens with zero attached hydrogens (tertiary/aromatic N) is 3. The van der Waals surface area contributed by atoms with E-state index < -0.39 is 5.82 Å². The standard InChI is InChI=1S/C21H27ClFN5O/c1-11(16-9-13-8-14(22)4-5-18(13)27-21(16)29)26-20-19(23)15(6-7-24-20)17-10-25-28(3)12(17)2/h6-7,10-11,13-14,16,18H,4-5,8-9H2,1-3H3,(H,24,26)(H,27,29)/t11-,13?,14?,16?,18?/m0/s1. The Balaban J connectivity index is 1.52. The van der Waals surface area contributed by atoms with Crippen LogP contribution in [0.4, 0.5) is 10.2 Å². The Hall–Kier alpha value is -2.15. The summed E-state index contributed by atoms with van der Waals surface area (Å²) in [4.78, 5) is 16.9. The van der Waals surface area contributed by atoms with E-state index in [0.29, 0.717) is 11.5 Å². The van der Waals surface area contributed by atoms with Crippen LogP contribution in [0.1, 0.15) is 38.3 Å². The summed E-state index contributed by atoms with van der Waals surface area (Å²) >= 11 is 6.35. The van der Waals surface area contributed by atoms with Crippen molar-refractivity contribution in [2.75, 3.05) is 5.32 Å². The summed E-state index contributed by atoms with van der Waals surface area (Å²) in [5.74, 6) is -0.113. The van der Waals surface area contributed by atoms with Crippen LogP contribution in [-0.2, 0) is 11.8 Å². The van der Waals surface area contributed by atoms with Crippen molar-refractivity contribution in [3.8, 4) is 11.1 Å². The van der Waals surface area contributed by atoms with E-state index in [-0.39, 0.29) is 35.1 Å². The molecule has 2 N–H and O–H groups in total. The fourth-order valence-corrected chi connectivity index (χ4v) is 5.00. The molecule has 2 fully saturated rings. The van der Waals surface area contributed by atoms with Crippen molar-refractivity contribution in [1.29, 1.82) is 0 Å². The summed E-state index contributed by atoms with van der Waals surface area (Å²) in [5.41, 5.74) is 2.06. The van der Waals surface area contributed by atoms with E-state index in [9.17, 15) is 4.79 Å². The molecule has 0 bridgehead atoms. The summed E-state index contributed by atoms with van der Waals surface area (Å²) in [6.07, 6.45) is 6.78. The molecule has 29 heavy (non-hydrogen) atoms. The maximum Gasteiger partial charge on any atom is 0.225 e. The summed E-state index contributed by atoms with van der Waals surface area (Å²) < 4.78 is 16.9. The lowest BCUT2D eigenvalue weighted by atomic mass is 9.74. The molecule has 4 rings (SSSR count). The molecule has 1 aliphatic carbocycles. The van der Waals surface area contributed by atoms with Gasteiger partial charge in [-0.05, 0) is 51.5 Å². The van der Waals surface area contributed by atoms with Gasteiger partial charge in [0.25, 0.3) is 0 Å². The number of rotatable bonds is 4. The molecule has 6 nitrogen and oxygen atoms in total. The van der Waals surface area contributed by atoms with Crippen molar-refractivity contribution in [2.45, 2.75) is 57.0 Å². The van der Waals surface area contributed by atoms with Crippen molar-refractivity contribution >= 4 is 23.3 Å². The molecular formula is C21H27ClFN5O. The normalized spacial score (nSPS) is 27.8. The summed E-state index contributed by atoms with van der Waals surface area (Å²) in [7, 11) is 1.82. The van der Waals surface area contributed by atoms with E-state index >= 15 is 4.39 Å². The number of piperidine rings is 1. The van der Waals surface area contributed by atoms with Gasteiger partial charge < -0.3 is 10.6 Å². The van der Waals surface area contributed by atoms with Gasteiger partial charge >= 0.3 is 0 Å². The molecule has 3 heterocycles. The summed E-state index contributed by atoms with van der Waals surface area (Å²) in [6, 6.07) is 1.61. The maximum absolute atomic E-state index is 15.2. The van der Waals surface area contributed by atoms with Crippen LogP contribution in [0, 0.1) is 24.6 Å². The summed E-state index contributed by atoms with van der Waals surface area (Å²) in [5, 5.41) is 10.7. The monoisotopic (exact) mass is 419 g/mol. The number of fused-ring (bicyclic) bond motifs is 1. The zero-order chi connectivity index (χ0) is 20.7. The Bertz CT molecular complexity index is 916. The van der Waals surface area contributed by atoms with E-state index in [2.05, 4.69) is 20.7 Å². The predicted octanol–water partition coefficient (Wildman–Crippen LogP) is 3.64. The predicted molar refractivity (Wildman–Crippen MR) is 111 cm³/mol. The average Bonchev–Trinajstić information content (AvgIpc) is 3.02. The minimum Gasteiger partial charge on any atom is -0.364 e. The largest absolute Gasteiger partial charge is 0.364 e. The molecule has 1 amide bonds. The number of halogens is 2. The first kappa shape index (κ1) is 20.1. The number of hydrogen-bond acceptors (Lipinski definition) is 4. The van der Waals surface area contributed by atoms with Crippen LogP contribution in [0.15, 0.2) is 18.5 Å². The topological polar surface area (TPSA) is 71.8 Å². The van der Waals surface area contributed by atoms with Gasteiger partial charge in [0.1, 0.15) is 0 Å². The van der Waals surface area contributed by atoms with E-state index in [1.807, 2.05) is 20.9 Å². The van der Waals surface area contributed by atoms with Crippen LogP contribution in [-0.4, -0.2) is 38.1 Å². The average molecular weight is 420 g/mol. The van der Waals surface area contributed by atoms with Gasteiger partial charge in [-0.25, -0.2) is 9.37 Å². The minimum absolute atomic E-state index is 0.0268. The highest BCUT2D eigenvalue weighted by atomic mass is 35.5. The molecule has 0 spiro atoms. The van der Waals surface area contributed by atoms with E-state index in [0.717, 1.165) is 36.9 Å². The van der Waals surface area contributed by atoms with Crippen molar-refractivity contribution in [3.05, 3.63) is 30.0 Å². The maximum atomic E-state index is 15.2. The third kappa shape index (κ3) is 3.84. The molecule has 0 aromatic carbocycles. The van der Waals surface area contributed by atoms with Crippen molar-refractivity contribution in [1.82, 2.24) is 20.1 Å². The molecule has 8 heteroatoms. The molecule has 0 radical (unpaired) electrons. The van der Waals surface area contributed by atoms with Crippen molar-refractivity contribution in [2.24, 2.45) is 18.9 Å². The molecule has 2 aliphatic rings. The number of anilines is 1. The fourth-order valence-electron chi connectivity index (χ4n) is 4.64. The zero-order valence-electron chi connectivity index (χ0n) is 17.0. The van der Waals surface area contributed by atoms with E-state index in [1.165, 1.54) is 0 Å². The highest BCUT2D eigenvalue weighted by Crippen LogP contribution is 2.37. The molecule has 1 saturated heterocycles. The molecular weight excluding hydrogens is 393 g/mol. The van der Waals surface area contributed by atoms with Crippen LogP contribution < -0.4 is 10.6 Å². The molecule has 4 unspecified atom stereocenters. The number of carbonyl (C=O) groups is 1. The number of nitrogens with one attached hydrogen (secondary N) is 2. The SMILES string of the molecule is Cc1c(-c2ccnc(N[C@@H](C)C3CC4CC(Cl)CCC4NC3=O)c2F)cnn1C. The smallest absolute Gasteiger partial charge is 0.225 e. The van der Waals surface area contributed by atoms with Gasteiger partial charge in [-0.1, -0.05) is 0 Å². The third-order valence-corrected chi connectivity index (χ3v) is 6.92. The summed E-state index contributed by atoms with van der Waals surface area (Å²) in [6.45, 7) is 3.81. The lowest BCUT2D eigenvalue weighted by molar-refractivity contribution is -0.130. The minimum atomic E-state index is -0.428. The zero-order valence-corrected chi connectivity index (χ0v) is 17.7.